The maximum absolute atomic E-state index is 2.43. The van der Waals surface area contributed by atoms with Gasteiger partial charge >= 0.3 is 0 Å². The molecule has 234 valence electrons. The fraction of sp³-hybridized carbons (Fsp3) is 0. The first kappa shape index (κ1) is 28.4. The summed E-state index contributed by atoms with van der Waals surface area (Å²) in [6.07, 6.45) is 0. The van der Waals surface area contributed by atoms with Gasteiger partial charge in [0.25, 0.3) is 0 Å². The SMILES string of the molecule is c1ccc(-c2cc(-c3ccccc3-n3c4ccccc4c4ccccc43)cc(-c3ccccc3-n3c4ccccc4c4ccccc43)c2)cc1. The van der Waals surface area contributed by atoms with Crippen LogP contribution in [0.5, 0.6) is 0 Å². The number of aromatic nitrogens is 2. The number of fused-ring (bicyclic) bond motifs is 6. The molecular formula is C48H32N2. The van der Waals surface area contributed by atoms with Crippen LogP contribution in [-0.4, -0.2) is 9.13 Å². The lowest BCUT2D eigenvalue weighted by atomic mass is 9.92. The first-order chi connectivity index (χ1) is 24.8. The molecule has 0 fully saturated rings. The molecule has 0 atom stereocenters. The molecule has 2 aromatic heterocycles. The molecule has 2 heteroatoms. The lowest BCUT2D eigenvalue weighted by molar-refractivity contribution is 1.18. The fourth-order valence-electron chi connectivity index (χ4n) is 7.93. The molecule has 0 unspecified atom stereocenters. The van der Waals surface area contributed by atoms with Crippen molar-refractivity contribution in [3.05, 3.63) is 194 Å². The summed E-state index contributed by atoms with van der Waals surface area (Å²) in [6, 6.07) is 70.5. The second kappa shape index (κ2) is 11.5. The van der Waals surface area contributed by atoms with Crippen LogP contribution in [0.15, 0.2) is 194 Å². The quantitative estimate of drug-likeness (QED) is 0.178. The first-order valence-corrected chi connectivity index (χ1v) is 17.2. The van der Waals surface area contributed by atoms with Gasteiger partial charge in [0.1, 0.15) is 0 Å². The standard InChI is InChI=1S/C48H32N2/c1-2-16-33(17-3-1)34-30-35(37-18-4-10-24-43(37)49-45-26-12-6-20-39(45)40-21-7-13-27-46(40)49)32-36(31-34)38-19-5-11-25-44(38)50-47-28-14-8-22-41(47)42-23-9-15-29-48(42)50/h1-32H. The summed E-state index contributed by atoms with van der Waals surface area (Å²) in [6.45, 7) is 0. The minimum Gasteiger partial charge on any atom is -0.309 e. The normalized spacial score (nSPS) is 11.6. The zero-order chi connectivity index (χ0) is 33.0. The van der Waals surface area contributed by atoms with Gasteiger partial charge in [-0.3, -0.25) is 0 Å². The van der Waals surface area contributed by atoms with Gasteiger partial charge in [-0.1, -0.05) is 140 Å². The maximum Gasteiger partial charge on any atom is 0.0541 e. The summed E-state index contributed by atoms with van der Waals surface area (Å²) in [5.41, 5.74) is 14.3. The number of nitrogens with zero attached hydrogens (tertiary/aromatic N) is 2. The predicted octanol–water partition coefficient (Wildman–Crippen LogP) is 12.9. The van der Waals surface area contributed by atoms with Crippen molar-refractivity contribution in [3.8, 4) is 44.8 Å². The summed E-state index contributed by atoms with van der Waals surface area (Å²) < 4.78 is 4.86. The highest BCUT2D eigenvalue weighted by Crippen LogP contribution is 2.41. The van der Waals surface area contributed by atoms with Gasteiger partial charge in [0.15, 0.2) is 0 Å². The summed E-state index contributed by atoms with van der Waals surface area (Å²) in [7, 11) is 0. The van der Waals surface area contributed by atoms with Crippen molar-refractivity contribution < 1.29 is 0 Å². The van der Waals surface area contributed by atoms with E-state index in [1.807, 2.05) is 0 Å². The summed E-state index contributed by atoms with van der Waals surface area (Å²) in [5, 5.41) is 5.04. The Morgan fingerprint density at radius 1 is 0.240 bits per heavy atom. The van der Waals surface area contributed by atoms with Crippen LogP contribution in [0.4, 0.5) is 0 Å². The minimum absolute atomic E-state index is 1.16. The number of hydrogen-bond acceptors (Lipinski definition) is 0. The van der Waals surface area contributed by atoms with E-state index in [-0.39, 0.29) is 0 Å². The lowest BCUT2D eigenvalue weighted by Crippen LogP contribution is -1.99. The van der Waals surface area contributed by atoms with Crippen molar-refractivity contribution in [1.29, 1.82) is 0 Å². The molecular weight excluding hydrogens is 605 g/mol. The van der Waals surface area contributed by atoms with E-state index >= 15 is 0 Å². The smallest absolute Gasteiger partial charge is 0.0541 e. The molecule has 0 amide bonds. The van der Waals surface area contributed by atoms with Crippen LogP contribution in [0, 0.1) is 0 Å². The molecule has 0 spiro atoms. The summed E-state index contributed by atoms with van der Waals surface area (Å²) in [4.78, 5) is 0. The van der Waals surface area contributed by atoms with Gasteiger partial charge < -0.3 is 9.13 Å². The molecule has 0 saturated heterocycles. The van der Waals surface area contributed by atoms with Crippen LogP contribution in [-0.2, 0) is 0 Å². The van der Waals surface area contributed by atoms with Gasteiger partial charge in [0.2, 0.25) is 0 Å². The maximum atomic E-state index is 2.43. The monoisotopic (exact) mass is 636 g/mol. The molecule has 0 aliphatic carbocycles. The van der Waals surface area contributed by atoms with E-state index in [1.54, 1.807) is 0 Å². The zero-order valence-electron chi connectivity index (χ0n) is 27.4. The average molecular weight is 637 g/mol. The van der Waals surface area contributed by atoms with Gasteiger partial charge in [0.05, 0.1) is 33.4 Å². The molecule has 0 bridgehead atoms. The van der Waals surface area contributed by atoms with Crippen molar-refractivity contribution in [1.82, 2.24) is 9.13 Å². The molecule has 0 radical (unpaired) electrons. The van der Waals surface area contributed by atoms with Gasteiger partial charge in [-0.15, -0.1) is 0 Å². The van der Waals surface area contributed by atoms with E-state index in [2.05, 4.69) is 203 Å². The summed E-state index contributed by atoms with van der Waals surface area (Å²) in [5.74, 6) is 0. The predicted molar refractivity (Wildman–Crippen MR) is 211 cm³/mol. The third kappa shape index (κ3) is 4.43. The van der Waals surface area contributed by atoms with Gasteiger partial charge in [-0.05, 0) is 76.9 Å². The molecule has 2 nitrogen and oxygen atoms in total. The Morgan fingerprint density at radius 3 is 0.980 bits per heavy atom. The molecule has 0 aliphatic rings. The Morgan fingerprint density at radius 2 is 0.560 bits per heavy atom. The van der Waals surface area contributed by atoms with Crippen LogP contribution < -0.4 is 0 Å². The molecule has 0 saturated carbocycles. The van der Waals surface area contributed by atoms with Gasteiger partial charge in [-0.2, -0.15) is 0 Å². The Balaban J connectivity index is 1.25. The molecule has 8 aromatic carbocycles. The van der Waals surface area contributed by atoms with Crippen LogP contribution in [0.25, 0.3) is 88.4 Å². The van der Waals surface area contributed by atoms with E-state index in [1.165, 1.54) is 77.0 Å². The van der Waals surface area contributed by atoms with E-state index < -0.39 is 0 Å². The molecule has 0 N–H and O–H groups in total. The molecule has 10 rings (SSSR count). The minimum atomic E-state index is 1.16. The van der Waals surface area contributed by atoms with E-state index in [9.17, 15) is 0 Å². The second-order valence-corrected chi connectivity index (χ2v) is 12.9. The fourth-order valence-corrected chi connectivity index (χ4v) is 7.93. The van der Waals surface area contributed by atoms with Gasteiger partial charge in [0, 0.05) is 32.7 Å². The number of hydrogen-bond donors (Lipinski definition) is 0. The average Bonchev–Trinajstić information content (AvgIpc) is 3.71. The van der Waals surface area contributed by atoms with Crippen LogP contribution >= 0.6 is 0 Å². The highest BCUT2D eigenvalue weighted by molar-refractivity contribution is 6.11. The number of para-hydroxylation sites is 6. The molecule has 10 aromatic rings. The van der Waals surface area contributed by atoms with Crippen molar-refractivity contribution in [3.63, 3.8) is 0 Å². The highest BCUT2D eigenvalue weighted by atomic mass is 15.0. The Hall–Kier alpha value is -6.64. The Kier molecular flexibility index (Phi) is 6.53. The zero-order valence-corrected chi connectivity index (χ0v) is 27.4. The van der Waals surface area contributed by atoms with Crippen LogP contribution in [0.3, 0.4) is 0 Å². The summed E-state index contributed by atoms with van der Waals surface area (Å²) >= 11 is 0. The van der Waals surface area contributed by atoms with Gasteiger partial charge in [-0.25, -0.2) is 0 Å². The lowest BCUT2D eigenvalue weighted by Gasteiger charge is -2.18. The first-order valence-electron chi connectivity index (χ1n) is 17.2. The topological polar surface area (TPSA) is 9.86 Å². The van der Waals surface area contributed by atoms with Crippen molar-refractivity contribution in [2.24, 2.45) is 0 Å². The third-order valence-corrected chi connectivity index (χ3v) is 10.1. The Bertz CT molecular complexity index is 2590. The largest absolute Gasteiger partial charge is 0.309 e. The molecule has 0 aliphatic heterocycles. The molecule has 50 heavy (non-hydrogen) atoms. The third-order valence-electron chi connectivity index (χ3n) is 10.1. The highest BCUT2D eigenvalue weighted by Gasteiger charge is 2.19. The van der Waals surface area contributed by atoms with Crippen molar-refractivity contribution >= 4 is 43.6 Å². The number of rotatable bonds is 5. The van der Waals surface area contributed by atoms with Crippen LogP contribution in [0.2, 0.25) is 0 Å². The van der Waals surface area contributed by atoms with E-state index in [0.717, 1.165) is 11.4 Å². The van der Waals surface area contributed by atoms with Crippen LogP contribution in [0.1, 0.15) is 0 Å². The van der Waals surface area contributed by atoms with E-state index in [0.29, 0.717) is 0 Å². The van der Waals surface area contributed by atoms with E-state index in [4.69, 9.17) is 0 Å². The van der Waals surface area contributed by atoms with Crippen molar-refractivity contribution in [2.45, 2.75) is 0 Å². The second-order valence-electron chi connectivity index (χ2n) is 12.9. The van der Waals surface area contributed by atoms with Crippen molar-refractivity contribution in [2.75, 3.05) is 0 Å². The molecule has 2 heterocycles. The number of benzene rings is 8. The Labute approximate surface area is 290 Å².